The van der Waals surface area contributed by atoms with Crippen LogP contribution in [-0.2, 0) is 9.53 Å². The first-order chi connectivity index (χ1) is 10.1. The van der Waals surface area contributed by atoms with Crippen molar-refractivity contribution in [1.29, 1.82) is 0 Å². The Balaban J connectivity index is 2.65. The minimum Gasteiger partial charge on any atom is -0.508 e. The van der Waals surface area contributed by atoms with E-state index in [0.717, 1.165) is 12.0 Å². The molecule has 118 valence electrons. The average molecular weight is 294 g/mol. The molecule has 0 saturated heterocycles. The molecule has 0 radical (unpaired) electrons. The third kappa shape index (κ3) is 6.14. The first-order valence-corrected chi connectivity index (χ1v) is 7.52. The molecule has 0 fully saturated rings. The summed E-state index contributed by atoms with van der Waals surface area (Å²) in [5.41, 5.74) is 1.47. The van der Waals surface area contributed by atoms with Gasteiger partial charge >= 0.3 is 0 Å². The monoisotopic (exact) mass is 294 g/mol. The first-order valence-electron chi connectivity index (χ1n) is 7.52. The molecule has 5 heteroatoms. The summed E-state index contributed by atoms with van der Waals surface area (Å²) < 4.78 is 5.27. The molecule has 5 nitrogen and oxygen atoms in total. The van der Waals surface area contributed by atoms with Crippen LogP contribution in [0.5, 0.6) is 5.75 Å². The van der Waals surface area contributed by atoms with Crippen molar-refractivity contribution in [2.24, 2.45) is 0 Å². The Hall–Kier alpha value is -1.59. The number of hydrogen-bond acceptors (Lipinski definition) is 4. The van der Waals surface area contributed by atoms with Crippen LogP contribution in [0.15, 0.2) is 18.2 Å². The molecule has 1 amide bonds. The number of rotatable bonds is 9. The molecule has 1 rings (SSSR count). The Morgan fingerprint density at radius 3 is 2.81 bits per heavy atom. The number of hydrogen-bond donors (Lipinski definition) is 3. The van der Waals surface area contributed by atoms with Gasteiger partial charge in [0, 0.05) is 36.9 Å². The van der Waals surface area contributed by atoms with Crippen molar-refractivity contribution in [2.75, 3.05) is 25.1 Å². The van der Waals surface area contributed by atoms with Crippen molar-refractivity contribution in [3.63, 3.8) is 0 Å². The summed E-state index contributed by atoms with van der Waals surface area (Å²) in [6.45, 7) is 7.93. The number of benzene rings is 1. The van der Waals surface area contributed by atoms with Gasteiger partial charge in [-0.2, -0.15) is 0 Å². The molecule has 1 aromatic rings. The van der Waals surface area contributed by atoms with Gasteiger partial charge < -0.3 is 20.5 Å². The zero-order chi connectivity index (χ0) is 15.7. The van der Waals surface area contributed by atoms with E-state index in [1.54, 1.807) is 18.2 Å². The molecule has 1 atom stereocenters. The number of phenols is 1. The molecule has 3 N–H and O–H groups in total. The van der Waals surface area contributed by atoms with Gasteiger partial charge in [-0.1, -0.05) is 6.92 Å². The summed E-state index contributed by atoms with van der Waals surface area (Å²) in [5.74, 6) is 0.214. The summed E-state index contributed by atoms with van der Waals surface area (Å²) in [5, 5.41) is 16.1. The van der Waals surface area contributed by atoms with E-state index in [1.807, 2.05) is 20.8 Å². The molecular formula is C16H26N2O3. The van der Waals surface area contributed by atoms with Crippen LogP contribution in [0.25, 0.3) is 0 Å². The second-order valence-electron chi connectivity index (χ2n) is 4.94. The standard InChI is InChI=1S/C16H26N2O3/c1-4-6-16(20)18-13-7-8-15(19)14(11-13)12(3)17-9-10-21-5-2/h7-8,11-12,17,19H,4-6,9-10H2,1-3H3,(H,18,20). The molecule has 0 aromatic heterocycles. The van der Waals surface area contributed by atoms with Crippen molar-refractivity contribution in [3.05, 3.63) is 23.8 Å². The number of amides is 1. The molecule has 0 spiro atoms. The number of carbonyl (C=O) groups excluding carboxylic acids is 1. The molecule has 0 saturated carbocycles. The van der Waals surface area contributed by atoms with E-state index >= 15 is 0 Å². The Labute approximate surface area is 126 Å². The zero-order valence-electron chi connectivity index (χ0n) is 13.1. The zero-order valence-corrected chi connectivity index (χ0v) is 13.1. The number of ether oxygens (including phenoxy) is 1. The normalized spacial score (nSPS) is 12.1. The predicted octanol–water partition coefficient (Wildman–Crippen LogP) is 2.82. The molecule has 0 aliphatic carbocycles. The van der Waals surface area contributed by atoms with Crippen molar-refractivity contribution >= 4 is 11.6 Å². The summed E-state index contributed by atoms with van der Waals surface area (Å²) in [6.07, 6.45) is 1.31. The van der Waals surface area contributed by atoms with Gasteiger partial charge in [0.2, 0.25) is 5.91 Å². The third-order valence-electron chi connectivity index (χ3n) is 3.16. The Kier molecular flexibility index (Phi) is 7.79. The van der Waals surface area contributed by atoms with Gasteiger partial charge in [0.1, 0.15) is 5.75 Å². The van der Waals surface area contributed by atoms with Gasteiger partial charge in [-0.3, -0.25) is 4.79 Å². The van der Waals surface area contributed by atoms with Crippen LogP contribution in [-0.4, -0.2) is 30.8 Å². The molecule has 21 heavy (non-hydrogen) atoms. The fourth-order valence-corrected chi connectivity index (χ4v) is 2.03. The summed E-state index contributed by atoms with van der Waals surface area (Å²) in [6, 6.07) is 5.10. The number of nitrogens with one attached hydrogen (secondary N) is 2. The predicted molar refractivity (Wildman–Crippen MR) is 84.6 cm³/mol. The summed E-state index contributed by atoms with van der Waals surface area (Å²) in [4.78, 5) is 11.6. The maximum absolute atomic E-state index is 11.6. The van der Waals surface area contributed by atoms with E-state index in [2.05, 4.69) is 10.6 Å². The van der Waals surface area contributed by atoms with E-state index in [9.17, 15) is 9.90 Å². The number of carbonyl (C=O) groups is 1. The number of anilines is 1. The van der Waals surface area contributed by atoms with E-state index in [-0.39, 0.29) is 17.7 Å². The SMILES string of the molecule is CCCC(=O)Nc1ccc(O)c(C(C)NCCOCC)c1. The number of phenolic OH excluding ortho intramolecular Hbond substituents is 1. The van der Waals surface area contributed by atoms with Gasteiger partial charge in [0.05, 0.1) is 6.61 Å². The molecule has 0 heterocycles. The van der Waals surface area contributed by atoms with Crippen molar-refractivity contribution in [1.82, 2.24) is 5.32 Å². The second-order valence-corrected chi connectivity index (χ2v) is 4.94. The largest absolute Gasteiger partial charge is 0.508 e. The van der Waals surface area contributed by atoms with Crippen LogP contribution in [0.1, 0.15) is 45.2 Å². The van der Waals surface area contributed by atoms with Crippen LogP contribution in [0, 0.1) is 0 Å². The molecular weight excluding hydrogens is 268 g/mol. The highest BCUT2D eigenvalue weighted by molar-refractivity contribution is 5.90. The van der Waals surface area contributed by atoms with Crippen molar-refractivity contribution in [2.45, 2.75) is 39.7 Å². The lowest BCUT2D eigenvalue weighted by Gasteiger charge is -2.17. The van der Waals surface area contributed by atoms with Gasteiger partial charge in [-0.25, -0.2) is 0 Å². The lowest BCUT2D eigenvalue weighted by atomic mass is 10.1. The lowest BCUT2D eigenvalue weighted by molar-refractivity contribution is -0.116. The Bertz CT molecular complexity index is 449. The maximum atomic E-state index is 11.6. The number of aromatic hydroxyl groups is 1. The van der Waals surface area contributed by atoms with Crippen LogP contribution in [0.4, 0.5) is 5.69 Å². The van der Waals surface area contributed by atoms with E-state index in [1.165, 1.54) is 0 Å². The van der Waals surface area contributed by atoms with E-state index in [4.69, 9.17) is 4.74 Å². The maximum Gasteiger partial charge on any atom is 0.224 e. The Morgan fingerprint density at radius 1 is 1.38 bits per heavy atom. The highest BCUT2D eigenvalue weighted by Crippen LogP contribution is 2.27. The Morgan fingerprint density at radius 2 is 2.14 bits per heavy atom. The van der Waals surface area contributed by atoms with Crippen LogP contribution in [0.2, 0.25) is 0 Å². The van der Waals surface area contributed by atoms with Crippen molar-refractivity contribution < 1.29 is 14.6 Å². The van der Waals surface area contributed by atoms with Gasteiger partial charge in [0.25, 0.3) is 0 Å². The van der Waals surface area contributed by atoms with Crippen molar-refractivity contribution in [3.8, 4) is 5.75 Å². The lowest BCUT2D eigenvalue weighted by Crippen LogP contribution is -2.23. The quantitative estimate of drug-likeness (QED) is 0.484. The van der Waals surface area contributed by atoms with Gasteiger partial charge in [-0.05, 0) is 38.5 Å². The first kappa shape index (κ1) is 17.5. The van der Waals surface area contributed by atoms with Gasteiger partial charge in [-0.15, -0.1) is 0 Å². The average Bonchev–Trinajstić information content (AvgIpc) is 2.45. The molecule has 0 aliphatic heterocycles. The highest BCUT2D eigenvalue weighted by atomic mass is 16.5. The minimum absolute atomic E-state index is 0.00824. The smallest absolute Gasteiger partial charge is 0.224 e. The summed E-state index contributed by atoms with van der Waals surface area (Å²) in [7, 11) is 0. The third-order valence-corrected chi connectivity index (χ3v) is 3.16. The second kappa shape index (κ2) is 9.37. The molecule has 1 aromatic carbocycles. The van der Waals surface area contributed by atoms with Crippen LogP contribution in [0.3, 0.4) is 0 Å². The van der Waals surface area contributed by atoms with Crippen LogP contribution >= 0.6 is 0 Å². The fraction of sp³-hybridized carbons (Fsp3) is 0.562. The molecule has 1 unspecified atom stereocenters. The van der Waals surface area contributed by atoms with Crippen LogP contribution < -0.4 is 10.6 Å². The van der Waals surface area contributed by atoms with E-state index in [0.29, 0.717) is 31.9 Å². The minimum atomic E-state index is -0.0199. The molecule has 0 bridgehead atoms. The van der Waals surface area contributed by atoms with E-state index < -0.39 is 0 Å². The highest BCUT2D eigenvalue weighted by Gasteiger charge is 2.11. The molecule has 0 aliphatic rings. The van der Waals surface area contributed by atoms with Gasteiger partial charge in [0.15, 0.2) is 0 Å². The summed E-state index contributed by atoms with van der Waals surface area (Å²) >= 11 is 0. The topological polar surface area (TPSA) is 70.6 Å². The fourth-order valence-electron chi connectivity index (χ4n) is 2.03.